The number of hydrogen-bond donors (Lipinski definition) is 2. The van der Waals surface area contributed by atoms with Crippen molar-refractivity contribution in [2.45, 2.75) is 0 Å². The Labute approximate surface area is 177 Å². The molecule has 4 heterocycles. The van der Waals surface area contributed by atoms with Crippen molar-refractivity contribution in [2.75, 3.05) is 36.5 Å². The first-order valence-corrected chi connectivity index (χ1v) is 9.99. The number of anilines is 3. The number of H-pyrrole nitrogens is 1. The zero-order valence-electron chi connectivity index (χ0n) is 16.9. The molecule has 2 N–H and O–H groups in total. The van der Waals surface area contributed by atoms with Crippen molar-refractivity contribution in [2.24, 2.45) is 7.05 Å². The van der Waals surface area contributed by atoms with Crippen LogP contribution in [0.15, 0.2) is 53.6 Å². The number of hydrogen-bond acceptors (Lipinski definition) is 6. The van der Waals surface area contributed by atoms with E-state index in [4.69, 9.17) is 4.74 Å². The number of rotatable bonds is 4. The highest BCUT2D eigenvalue weighted by molar-refractivity contribution is 5.87. The molecule has 158 valence electrons. The van der Waals surface area contributed by atoms with Crippen LogP contribution in [-0.4, -0.2) is 46.1 Å². The van der Waals surface area contributed by atoms with Gasteiger partial charge in [-0.15, -0.1) is 0 Å². The van der Waals surface area contributed by atoms with Crippen LogP contribution in [0.3, 0.4) is 0 Å². The Hall–Kier alpha value is -3.72. The average molecular weight is 420 g/mol. The summed E-state index contributed by atoms with van der Waals surface area (Å²) in [6.45, 7) is 3.06. The molecule has 3 aromatic heterocycles. The molecular weight excluding hydrogens is 399 g/mol. The summed E-state index contributed by atoms with van der Waals surface area (Å²) in [7, 11) is 1.63. The highest BCUT2D eigenvalue weighted by Gasteiger charge is 2.14. The van der Waals surface area contributed by atoms with E-state index in [1.54, 1.807) is 37.6 Å². The van der Waals surface area contributed by atoms with E-state index in [0.29, 0.717) is 41.5 Å². The third-order valence-corrected chi connectivity index (χ3v) is 5.49. The normalized spacial score (nSPS) is 14.2. The summed E-state index contributed by atoms with van der Waals surface area (Å²) in [5.41, 5.74) is 2.58. The van der Waals surface area contributed by atoms with Gasteiger partial charge in [0.15, 0.2) is 0 Å². The number of nitrogens with zero attached hydrogens (tertiary/aromatic N) is 4. The molecule has 0 aliphatic carbocycles. The molecule has 0 saturated carbocycles. The van der Waals surface area contributed by atoms with Crippen molar-refractivity contribution in [1.82, 2.24) is 19.7 Å². The second kappa shape index (κ2) is 7.84. The second-order valence-electron chi connectivity index (χ2n) is 7.41. The SMILES string of the molecule is Cn1c(=O)c(Nc2ccc(N3CCOCC3)cn2)cc2cc(-c3ccn[nH]3)c(F)cc21. The van der Waals surface area contributed by atoms with Gasteiger partial charge in [0.2, 0.25) is 0 Å². The van der Waals surface area contributed by atoms with Crippen molar-refractivity contribution in [3.63, 3.8) is 0 Å². The molecule has 1 aliphatic heterocycles. The van der Waals surface area contributed by atoms with Crippen LogP contribution in [-0.2, 0) is 11.8 Å². The monoisotopic (exact) mass is 420 g/mol. The minimum Gasteiger partial charge on any atom is -0.378 e. The van der Waals surface area contributed by atoms with E-state index in [9.17, 15) is 9.18 Å². The fourth-order valence-corrected chi connectivity index (χ4v) is 3.80. The molecule has 0 amide bonds. The summed E-state index contributed by atoms with van der Waals surface area (Å²) in [6, 6.07) is 10.3. The van der Waals surface area contributed by atoms with Crippen LogP contribution in [0.25, 0.3) is 22.2 Å². The lowest BCUT2D eigenvalue weighted by Gasteiger charge is -2.28. The van der Waals surface area contributed by atoms with E-state index < -0.39 is 5.82 Å². The van der Waals surface area contributed by atoms with Crippen LogP contribution >= 0.6 is 0 Å². The maximum Gasteiger partial charge on any atom is 0.274 e. The number of nitrogens with one attached hydrogen (secondary N) is 2. The summed E-state index contributed by atoms with van der Waals surface area (Å²) in [6.07, 6.45) is 3.35. The highest BCUT2D eigenvalue weighted by Crippen LogP contribution is 2.27. The number of aryl methyl sites for hydroxylation is 1. The number of ether oxygens (including phenoxy) is 1. The van der Waals surface area contributed by atoms with Gasteiger partial charge in [-0.3, -0.25) is 9.89 Å². The Morgan fingerprint density at radius 1 is 1.16 bits per heavy atom. The Kier molecular flexibility index (Phi) is 4.87. The Bertz CT molecular complexity index is 1280. The second-order valence-corrected chi connectivity index (χ2v) is 7.41. The molecule has 5 rings (SSSR count). The third kappa shape index (κ3) is 3.64. The number of aromatic nitrogens is 4. The van der Waals surface area contributed by atoms with Crippen molar-refractivity contribution in [3.8, 4) is 11.3 Å². The van der Waals surface area contributed by atoms with Gasteiger partial charge in [-0.05, 0) is 36.4 Å². The van der Waals surface area contributed by atoms with Crippen LogP contribution in [0.5, 0.6) is 0 Å². The number of aromatic amines is 1. The zero-order valence-corrected chi connectivity index (χ0v) is 16.9. The predicted octanol–water partition coefficient (Wildman–Crippen LogP) is 3.04. The lowest BCUT2D eigenvalue weighted by molar-refractivity contribution is 0.122. The molecule has 0 unspecified atom stereocenters. The largest absolute Gasteiger partial charge is 0.378 e. The first kappa shape index (κ1) is 19.3. The summed E-state index contributed by atoms with van der Waals surface area (Å²) in [4.78, 5) is 19.5. The minimum atomic E-state index is -0.423. The van der Waals surface area contributed by atoms with Gasteiger partial charge in [0.1, 0.15) is 17.3 Å². The molecular formula is C22H21FN6O2. The number of pyridine rings is 2. The summed E-state index contributed by atoms with van der Waals surface area (Å²) in [5.74, 6) is 0.136. The van der Waals surface area contributed by atoms with Crippen molar-refractivity contribution < 1.29 is 9.13 Å². The zero-order chi connectivity index (χ0) is 21.4. The van der Waals surface area contributed by atoms with Gasteiger partial charge < -0.3 is 19.5 Å². The van der Waals surface area contributed by atoms with Gasteiger partial charge in [0, 0.05) is 37.3 Å². The minimum absolute atomic E-state index is 0.264. The topological polar surface area (TPSA) is 88.1 Å². The molecule has 0 spiro atoms. The van der Waals surface area contributed by atoms with Gasteiger partial charge in [0.05, 0.1) is 36.3 Å². The van der Waals surface area contributed by atoms with E-state index in [1.165, 1.54) is 10.6 Å². The van der Waals surface area contributed by atoms with Gasteiger partial charge in [-0.25, -0.2) is 9.37 Å². The molecule has 1 aliphatic rings. The van der Waals surface area contributed by atoms with Crippen LogP contribution in [0.2, 0.25) is 0 Å². The number of morpholine rings is 1. The molecule has 1 saturated heterocycles. The first-order chi connectivity index (χ1) is 15.1. The van der Waals surface area contributed by atoms with Crippen LogP contribution in [0.4, 0.5) is 21.6 Å². The Morgan fingerprint density at radius 2 is 2.00 bits per heavy atom. The van der Waals surface area contributed by atoms with Crippen molar-refractivity contribution in [3.05, 3.63) is 65.0 Å². The van der Waals surface area contributed by atoms with Crippen molar-refractivity contribution >= 4 is 28.1 Å². The molecule has 9 heteroatoms. The smallest absolute Gasteiger partial charge is 0.274 e. The van der Waals surface area contributed by atoms with Crippen LogP contribution < -0.4 is 15.8 Å². The molecule has 0 atom stereocenters. The highest BCUT2D eigenvalue weighted by atomic mass is 19.1. The van der Waals surface area contributed by atoms with E-state index in [0.717, 1.165) is 24.2 Å². The number of fused-ring (bicyclic) bond motifs is 1. The van der Waals surface area contributed by atoms with Gasteiger partial charge in [-0.2, -0.15) is 5.10 Å². The molecule has 1 aromatic carbocycles. The van der Waals surface area contributed by atoms with Crippen LogP contribution in [0.1, 0.15) is 0 Å². The molecule has 0 radical (unpaired) electrons. The molecule has 4 aromatic rings. The van der Waals surface area contributed by atoms with Gasteiger partial charge in [0.25, 0.3) is 5.56 Å². The quantitative estimate of drug-likeness (QED) is 0.528. The van der Waals surface area contributed by atoms with E-state index in [-0.39, 0.29) is 5.56 Å². The van der Waals surface area contributed by atoms with Crippen LogP contribution in [0, 0.1) is 5.82 Å². The maximum absolute atomic E-state index is 14.6. The third-order valence-electron chi connectivity index (χ3n) is 5.49. The number of halogens is 1. The molecule has 1 fully saturated rings. The lowest BCUT2D eigenvalue weighted by Crippen LogP contribution is -2.36. The fraction of sp³-hybridized carbons (Fsp3) is 0.227. The lowest BCUT2D eigenvalue weighted by atomic mass is 10.1. The number of benzene rings is 1. The fourth-order valence-electron chi connectivity index (χ4n) is 3.80. The first-order valence-electron chi connectivity index (χ1n) is 9.99. The summed E-state index contributed by atoms with van der Waals surface area (Å²) in [5, 5.41) is 10.5. The van der Waals surface area contributed by atoms with Gasteiger partial charge >= 0.3 is 0 Å². The average Bonchev–Trinajstić information content (AvgIpc) is 3.33. The van der Waals surface area contributed by atoms with E-state index >= 15 is 0 Å². The molecule has 8 nitrogen and oxygen atoms in total. The predicted molar refractivity (Wildman–Crippen MR) is 117 cm³/mol. The summed E-state index contributed by atoms with van der Waals surface area (Å²) < 4.78 is 21.4. The standard InChI is InChI=1S/C22H21FN6O2/c1-28-20-12-17(23)16(18-4-5-25-27-18)10-14(20)11-19(22(28)30)26-21-3-2-15(13-24-21)29-6-8-31-9-7-29/h2-5,10-13H,6-9H2,1H3,(H,24,26)(H,25,27). The molecule has 31 heavy (non-hydrogen) atoms. The van der Waals surface area contributed by atoms with E-state index in [2.05, 4.69) is 25.4 Å². The van der Waals surface area contributed by atoms with E-state index in [1.807, 2.05) is 12.1 Å². The maximum atomic E-state index is 14.6. The molecule has 0 bridgehead atoms. The van der Waals surface area contributed by atoms with Gasteiger partial charge in [-0.1, -0.05) is 0 Å². The van der Waals surface area contributed by atoms with Crippen molar-refractivity contribution in [1.29, 1.82) is 0 Å². The Morgan fingerprint density at radius 3 is 2.71 bits per heavy atom. The summed E-state index contributed by atoms with van der Waals surface area (Å²) >= 11 is 0. The Balaban J connectivity index is 1.48.